The summed E-state index contributed by atoms with van der Waals surface area (Å²) in [7, 11) is 1.74. The molecule has 1 N–H and O–H groups in total. The van der Waals surface area contributed by atoms with E-state index >= 15 is 0 Å². The Balaban J connectivity index is 0.00000220. The van der Waals surface area contributed by atoms with Crippen molar-refractivity contribution < 1.29 is 4.74 Å². The van der Waals surface area contributed by atoms with Crippen LogP contribution in [0, 0.1) is 12.3 Å². The van der Waals surface area contributed by atoms with Crippen molar-refractivity contribution in [3.63, 3.8) is 0 Å². The lowest BCUT2D eigenvalue weighted by Crippen LogP contribution is -2.48. The zero-order valence-electron chi connectivity index (χ0n) is 14.3. The number of nitrogens with one attached hydrogen (secondary N) is 1. The van der Waals surface area contributed by atoms with Crippen molar-refractivity contribution in [2.24, 2.45) is 5.41 Å². The van der Waals surface area contributed by atoms with Gasteiger partial charge in [-0.3, -0.25) is 4.90 Å². The van der Waals surface area contributed by atoms with Gasteiger partial charge in [0.25, 0.3) is 0 Å². The van der Waals surface area contributed by atoms with Crippen molar-refractivity contribution in [3.05, 3.63) is 29.3 Å². The van der Waals surface area contributed by atoms with Crippen molar-refractivity contribution in [3.8, 4) is 5.75 Å². The smallest absolute Gasteiger partial charge is 0.121 e. The van der Waals surface area contributed by atoms with E-state index in [4.69, 9.17) is 4.74 Å². The summed E-state index contributed by atoms with van der Waals surface area (Å²) in [6.45, 7) is 13.5. The zero-order chi connectivity index (χ0) is 14.8. The lowest BCUT2D eigenvalue weighted by molar-refractivity contribution is 0.0861. The molecule has 5 heteroatoms. The molecule has 0 amide bonds. The van der Waals surface area contributed by atoms with Crippen molar-refractivity contribution in [1.82, 2.24) is 10.2 Å². The molecule has 1 aromatic carbocycles. The molecule has 0 aliphatic carbocycles. The molecule has 22 heavy (non-hydrogen) atoms. The maximum Gasteiger partial charge on any atom is 0.121 e. The SMILES string of the molecule is COc1ccc([C@@H](N2CCNCC2)C(C)(C)C)cc1C.Cl.Cl. The summed E-state index contributed by atoms with van der Waals surface area (Å²) < 4.78 is 5.39. The molecule has 0 saturated carbocycles. The summed E-state index contributed by atoms with van der Waals surface area (Å²) >= 11 is 0. The minimum Gasteiger partial charge on any atom is -0.496 e. The molecular formula is C17H30Cl2N2O. The van der Waals surface area contributed by atoms with Crippen LogP contribution in [0.4, 0.5) is 0 Å². The van der Waals surface area contributed by atoms with Gasteiger partial charge in [-0.15, -0.1) is 24.8 Å². The van der Waals surface area contributed by atoms with E-state index in [0.717, 1.165) is 31.9 Å². The molecule has 1 aliphatic rings. The van der Waals surface area contributed by atoms with Gasteiger partial charge in [-0.25, -0.2) is 0 Å². The Kier molecular flexibility index (Phi) is 8.78. The fourth-order valence-corrected chi connectivity index (χ4v) is 3.27. The number of methoxy groups -OCH3 is 1. The van der Waals surface area contributed by atoms with Crippen molar-refractivity contribution in [2.75, 3.05) is 33.3 Å². The summed E-state index contributed by atoms with van der Waals surface area (Å²) in [5.74, 6) is 0.974. The highest BCUT2D eigenvalue weighted by Crippen LogP contribution is 2.39. The summed E-state index contributed by atoms with van der Waals surface area (Å²) in [5.41, 5.74) is 2.84. The Bertz CT molecular complexity index is 454. The topological polar surface area (TPSA) is 24.5 Å². The van der Waals surface area contributed by atoms with Crippen molar-refractivity contribution in [1.29, 1.82) is 0 Å². The van der Waals surface area contributed by atoms with Crippen LogP contribution in [0.5, 0.6) is 5.75 Å². The third kappa shape index (κ3) is 5.02. The van der Waals surface area contributed by atoms with E-state index in [0.29, 0.717) is 6.04 Å². The second-order valence-corrected chi connectivity index (χ2v) is 6.78. The third-order valence-electron chi connectivity index (χ3n) is 4.07. The highest BCUT2D eigenvalue weighted by atomic mass is 35.5. The largest absolute Gasteiger partial charge is 0.496 e. The van der Waals surface area contributed by atoms with Gasteiger partial charge in [0, 0.05) is 32.2 Å². The highest BCUT2D eigenvalue weighted by molar-refractivity contribution is 5.85. The van der Waals surface area contributed by atoms with E-state index in [2.05, 4.69) is 56.1 Å². The predicted octanol–water partition coefficient (Wildman–Crippen LogP) is 3.84. The van der Waals surface area contributed by atoms with E-state index < -0.39 is 0 Å². The summed E-state index contributed by atoms with van der Waals surface area (Å²) in [4.78, 5) is 2.61. The van der Waals surface area contributed by atoms with Gasteiger partial charge in [0.15, 0.2) is 0 Å². The molecule has 0 unspecified atom stereocenters. The molecule has 1 saturated heterocycles. The molecule has 1 heterocycles. The molecule has 1 atom stereocenters. The van der Waals surface area contributed by atoms with E-state index in [1.807, 2.05) is 0 Å². The minimum atomic E-state index is 0. The van der Waals surface area contributed by atoms with Crippen LogP contribution in [0.25, 0.3) is 0 Å². The maximum absolute atomic E-state index is 5.39. The lowest BCUT2D eigenvalue weighted by atomic mass is 9.80. The van der Waals surface area contributed by atoms with Crippen LogP contribution >= 0.6 is 24.8 Å². The molecule has 3 nitrogen and oxygen atoms in total. The first-order valence-electron chi connectivity index (χ1n) is 7.53. The second-order valence-electron chi connectivity index (χ2n) is 6.78. The third-order valence-corrected chi connectivity index (χ3v) is 4.07. The van der Waals surface area contributed by atoms with Gasteiger partial charge in [0.1, 0.15) is 5.75 Å². The van der Waals surface area contributed by atoms with Crippen LogP contribution in [-0.4, -0.2) is 38.2 Å². The van der Waals surface area contributed by atoms with Gasteiger partial charge >= 0.3 is 0 Å². The molecule has 1 fully saturated rings. The molecule has 0 radical (unpaired) electrons. The first-order chi connectivity index (χ1) is 9.43. The molecule has 1 aliphatic heterocycles. The fraction of sp³-hybridized carbons (Fsp3) is 0.647. The number of ether oxygens (including phenoxy) is 1. The van der Waals surface area contributed by atoms with E-state index in [1.54, 1.807) is 7.11 Å². The molecule has 0 aromatic heterocycles. The molecule has 128 valence electrons. The molecule has 1 aromatic rings. The normalized spacial score (nSPS) is 17.1. The van der Waals surface area contributed by atoms with Crippen LogP contribution in [0.2, 0.25) is 0 Å². The van der Waals surface area contributed by atoms with Gasteiger partial charge in [0.05, 0.1) is 7.11 Å². The summed E-state index contributed by atoms with van der Waals surface area (Å²) in [6, 6.07) is 7.07. The monoisotopic (exact) mass is 348 g/mol. The Morgan fingerprint density at radius 3 is 2.18 bits per heavy atom. The van der Waals surface area contributed by atoms with Crippen molar-refractivity contribution in [2.45, 2.75) is 33.7 Å². The number of hydrogen-bond acceptors (Lipinski definition) is 3. The Morgan fingerprint density at radius 1 is 1.14 bits per heavy atom. The number of hydrogen-bond donors (Lipinski definition) is 1. The molecule has 0 bridgehead atoms. The standard InChI is InChI=1S/C17H28N2O.2ClH/c1-13-12-14(6-7-15(13)20-5)16(17(2,3)4)19-10-8-18-9-11-19;;/h6-7,12,16,18H,8-11H2,1-5H3;2*1H/t16-;;/m1../s1. The van der Waals surface area contributed by atoms with Crippen LogP contribution in [0.3, 0.4) is 0 Å². The van der Waals surface area contributed by atoms with Crippen LogP contribution in [0.15, 0.2) is 18.2 Å². The number of rotatable bonds is 3. The number of benzene rings is 1. The maximum atomic E-state index is 5.39. The average Bonchev–Trinajstić information content (AvgIpc) is 2.39. The molecular weight excluding hydrogens is 319 g/mol. The fourth-order valence-electron chi connectivity index (χ4n) is 3.27. The van der Waals surface area contributed by atoms with Gasteiger partial charge in [-0.1, -0.05) is 32.9 Å². The predicted molar refractivity (Wildman–Crippen MR) is 98.9 cm³/mol. The summed E-state index contributed by atoms with van der Waals surface area (Å²) in [5, 5.41) is 3.44. The van der Waals surface area contributed by atoms with Gasteiger partial charge in [0.2, 0.25) is 0 Å². The number of aryl methyl sites for hydroxylation is 1. The van der Waals surface area contributed by atoms with Crippen LogP contribution in [-0.2, 0) is 0 Å². The molecule has 0 spiro atoms. The zero-order valence-corrected chi connectivity index (χ0v) is 15.9. The van der Waals surface area contributed by atoms with Gasteiger partial charge < -0.3 is 10.1 Å². The number of piperazine rings is 1. The van der Waals surface area contributed by atoms with Gasteiger partial charge in [-0.05, 0) is 29.5 Å². The first-order valence-corrected chi connectivity index (χ1v) is 7.53. The minimum absolute atomic E-state index is 0. The van der Waals surface area contributed by atoms with Crippen molar-refractivity contribution >= 4 is 24.8 Å². The second kappa shape index (κ2) is 8.97. The summed E-state index contributed by atoms with van der Waals surface area (Å²) in [6.07, 6.45) is 0. The Hall–Kier alpha value is -0.480. The van der Waals surface area contributed by atoms with E-state index in [9.17, 15) is 0 Å². The number of nitrogens with zero attached hydrogens (tertiary/aromatic N) is 1. The van der Waals surface area contributed by atoms with E-state index in [-0.39, 0.29) is 30.2 Å². The quantitative estimate of drug-likeness (QED) is 0.897. The highest BCUT2D eigenvalue weighted by Gasteiger charge is 2.32. The van der Waals surface area contributed by atoms with Crippen LogP contribution < -0.4 is 10.1 Å². The Labute approximate surface area is 147 Å². The van der Waals surface area contributed by atoms with Crippen LogP contribution in [0.1, 0.15) is 37.9 Å². The molecule has 2 rings (SSSR count). The lowest BCUT2D eigenvalue weighted by Gasteiger charge is -2.42. The first kappa shape index (κ1) is 21.5. The average molecular weight is 349 g/mol. The Morgan fingerprint density at radius 2 is 1.73 bits per heavy atom. The van der Waals surface area contributed by atoms with Gasteiger partial charge in [-0.2, -0.15) is 0 Å². The van der Waals surface area contributed by atoms with E-state index in [1.165, 1.54) is 11.1 Å². The number of halogens is 2.